The Morgan fingerprint density at radius 1 is 1.29 bits per heavy atom. The Labute approximate surface area is 84.5 Å². The summed E-state index contributed by atoms with van der Waals surface area (Å²) in [5.41, 5.74) is 6.78. The second-order valence-electron chi connectivity index (χ2n) is 3.52. The summed E-state index contributed by atoms with van der Waals surface area (Å²) < 4.78 is 5.31. The van der Waals surface area contributed by atoms with E-state index >= 15 is 0 Å². The highest BCUT2D eigenvalue weighted by Gasteiger charge is 2.00. The zero-order valence-corrected chi connectivity index (χ0v) is 8.60. The number of benzene rings is 1. The second kappa shape index (κ2) is 4.98. The largest absolute Gasteiger partial charge is 0.491 e. The van der Waals surface area contributed by atoms with Crippen molar-refractivity contribution in [1.29, 1.82) is 0 Å². The first-order valence-electron chi connectivity index (χ1n) is 4.76. The summed E-state index contributed by atoms with van der Waals surface area (Å²) >= 11 is 0. The first kappa shape index (κ1) is 11.0. The molecule has 0 saturated heterocycles. The van der Waals surface area contributed by atoms with Crippen LogP contribution in [0.4, 0.5) is 0 Å². The zero-order chi connectivity index (χ0) is 10.6. The Morgan fingerprint density at radius 2 is 1.86 bits per heavy atom. The topological polar surface area (TPSA) is 55.5 Å². The van der Waals surface area contributed by atoms with Crippen LogP contribution in [0.2, 0.25) is 0 Å². The monoisotopic (exact) mass is 195 g/mol. The molecule has 3 N–H and O–H groups in total. The molecule has 1 aromatic rings. The second-order valence-corrected chi connectivity index (χ2v) is 3.52. The summed E-state index contributed by atoms with van der Waals surface area (Å²) in [6.07, 6.45) is -0.442. The lowest BCUT2D eigenvalue weighted by atomic mass is 10.1. The van der Waals surface area contributed by atoms with E-state index < -0.39 is 6.10 Å². The summed E-state index contributed by atoms with van der Waals surface area (Å²) in [5, 5.41) is 9.01. The van der Waals surface area contributed by atoms with Gasteiger partial charge in [-0.1, -0.05) is 12.1 Å². The van der Waals surface area contributed by atoms with Crippen LogP contribution >= 0.6 is 0 Å². The quantitative estimate of drug-likeness (QED) is 0.764. The summed E-state index contributed by atoms with van der Waals surface area (Å²) in [7, 11) is 0. The van der Waals surface area contributed by atoms with Crippen LogP contribution in [0.1, 0.15) is 25.5 Å². The predicted molar refractivity (Wildman–Crippen MR) is 56.2 cm³/mol. The third-order valence-corrected chi connectivity index (χ3v) is 1.90. The molecule has 2 unspecified atom stereocenters. The SMILES string of the molecule is CC(O)COc1ccc(C(C)N)cc1. The predicted octanol–water partition coefficient (Wildman–Crippen LogP) is 1.47. The van der Waals surface area contributed by atoms with Gasteiger partial charge in [0, 0.05) is 6.04 Å². The molecule has 0 fully saturated rings. The lowest BCUT2D eigenvalue weighted by Crippen LogP contribution is -2.12. The van der Waals surface area contributed by atoms with Crippen molar-refractivity contribution in [1.82, 2.24) is 0 Å². The van der Waals surface area contributed by atoms with Gasteiger partial charge in [-0.3, -0.25) is 0 Å². The van der Waals surface area contributed by atoms with Crippen molar-refractivity contribution in [3.63, 3.8) is 0 Å². The van der Waals surface area contributed by atoms with E-state index in [0.717, 1.165) is 11.3 Å². The van der Waals surface area contributed by atoms with Crippen LogP contribution in [-0.2, 0) is 0 Å². The van der Waals surface area contributed by atoms with Crippen LogP contribution < -0.4 is 10.5 Å². The minimum Gasteiger partial charge on any atom is -0.491 e. The van der Waals surface area contributed by atoms with Gasteiger partial charge in [0.25, 0.3) is 0 Å². The van der Waals surface area contributed by atoms with Crippen molar-refractivity contribution in [2.75, 3.05) is 6.61 Å². The molecular weight excluding hydrogens is 178 g/mol. The molecule has 0 aromatic heterocycles. The maximum Gasteiger partial charge on any atom is 0.119 e. The number of aliphatic hydroxyl groups excluding tert-OH is 1. The van der Waals surface area contributed by atoms with Gasteiger partial charge in [0.05, 0.1) is 6.10 Å². The molecule has 78 valence electrons. The van der Waals surface area contributed by atoms with E-state index in [-0.39, 0.29) is 6.04 Å². The van der Waals surface area contributed by atoms with Crippen molar-refractivity contribution in [3.8, 4) is 5.75 Å². The third-order valence-electron chi connectivity index (χ3n) is 1.90. The number of aliphatic hydroxyl groups is 1. The van der Waals surface area contributed by atoms with Gasteiger partial charge in [-0.25, -0.2) is 0 Å². The van der Waals surface area contributed by atoms with Crippen molar-refractivity contribution >= 4 is 0 Å². The van der Waals surface area contributed by atoms with Gasteiger partial charge in [-0.05, 0) is 31.5 Å². The highest BCUT2D eigenvalue weighted by molar-refractivity contribution is 5.28. The molecule has 0 saturated carbocycles. The maximum absolute atomic E-state index is 9.01. The summed E-state index contributed by atoms with van der Waals surface area (Å²) in [5.74, 6) is 0.760. The fraction of sp³-hybridized carbons (Fsp3) is 0.455. The van der Waals surface area contributed by atoms with Crippen molar-refractivity contribution in [3.05, 3.63) is 29.8 Å². The standard InChI is InChI=1S/C11H17NO2/c1-8(13)7-14-11-5-3-10(4-6-11)9(2)12/h3-6,8-9,13H,7,12H2,1-2H3. The smallest absolute Gasteiger partial charge is 0.119 e. The number of ether oxygens (including phenoxy) is 1. The molecule has 0 radical (unpaired) electrons. The number of nitrogens with two attached hydrogens (primary N) is 1. The van der Waals surface area contributed by atoms with E-state index in [0.29, 0.717) is 6.61 Å². The molecule has 0 aliphatic heterocycles. The lowest BCUT2D eigenvalue weighted by molar-refractivity contribution is 0.122. The van der Waals surface area contributed by atoms with Crippen molar-refractivity contribution in [2.24, 2.45) is 5.73 Å². The summed E-state index contributed by atoms with van der Waals surface area (Å²) in [4.78, 5) is 0. The molecular formula is C11H17NO2. The van der Waals surface area contributed by atoms with Gasteiger partial charge >= 0.3 is 0 Å². The Morgan fingerprint density at radius 3 is 2.29 bits per heavy atom. The molecule has 3 nitrogen and oxygen atoms in total. The lowest BCUT2D eigenvalue weighted by Gasteiger charge is -2.09. The van der Waals surface area contributed by atoms with Gasteiger partial charge < -0.3 is 15.6 Å². The Hall–Kier alpha value is -1.06. The van der Waals surface area contributed by atoms with Crippen LogP contribution in [0.15, 0.2) is 24.3 Å². The average Bonchev–Trinajstić information content (AvgIpc) is 2.15. The average molecular weight is 195 g/mol. The van der Waals surface area contributed by atoms with Gasteiger partial charge in [-0.2, -0.15) is 0 Å². The molecule has 1 rings (SSSR count). The Kier molecular flexibility index (Phi) is 3.92. The minimum atomic E-state index is -0.442. The molecule has 2 atom stereocenters. The van der Waals surface area contributed by atoms with E-state index in [4.69, 9.17) is 15.6 Å². The third kappa shape index (κ3) is 3.36. The van der Waals surface area contributed by atoms with Crippen molar-refractivity contribution in [2.45, 2.75) is 26.0 Å². The van der Waals surface area contributed by atoms with Crippen LogP contribution in [0.5, 0.6) is 5.75 Å². The van der Waals surface area contributed by atoms with E-state index in [1.54, 1.807) is 6.92 Å². The number of hydrogen-bond donors (Lipinski definition) is 2. The fourth-order valence-corrected chi connectivity index (χ4v) is 1.08. The summed E-state index contributed by atoms with van der Waals surface area (Å²) in [6, 6.07) is 7.63. The highest BCUT2D eigenvalue weighted by Crippen LogP contribution is 2.15. The first-order chi connectivity index (χ1) is 6.59. The minimum absolute atomic E-state index is 0.0424. The molecule has 0 aliphatic rings. The molecule has 3 heteroatoms. The van der Waals surface area contributed by atoms with E-state index in [1.165, 1.54) is 0 Å². The maximum atomic E-state index is 9.01. The molecule has 0 bridgehead atoms. The van der Waals surface area contributed by atoms with Crippen LogP contribution in [-0.4, -0.2) is 17.8 Å². The van der Waals surface area contributed by atoms with Gasteiger partial charge in [0.2, 0.25) is 0 Å². The molecule has 1 aromatic carbocycles. The molecule has 14 heavy (non-hydrogen) atoms. The number of rotatable bonds is 4. The van der Waals surface area contributed by atoms with Gasteiger partial charge in [0.15, 0.2) is 0 Å². The van der Waals surface area contributed by atoms with E-state index in [9.17, 15) is 0 Å². The van der Waals surface area contributed by atoms with Gasteiger partial charge in [0.1, 0.15) is 12.4 Å². The molecule has 0 aliphatic carbocycles. The Balaban J connectivity index is 2.55. The van der Waals surface area contributed by atoms with Crippen molar-refractivity contribution < 1.29 is 9.84 Å². The van der Waals surface area contributed by atoms with E-state index in [2.05, 4.69) is 0 Å². The zero-order valence-electron chi connectivity index (χ0n) is 8.60. The molecule has 0 amide bonds. The normalized spacial score (nSPS) is 14.9. The molecule has 0 spiro atoms. The van der Waals surface area contributed by atoms with Crippen LogP contribution in [0.25, 0.3) is 0 Å². The Bertz CT molecular complexity index is 267. The van der Waals surface area contributed by atoms with Crippen LogP contribution in [0, 0.1) is 0 Å². The van der Waals surface area contributed by atoms with Crippen LogP contribution in [0.3, 0.4) is 0 Å². The molecule has 0 heterocycles. The summed E-state index contributed by atoms with van der Waals surface area (Å²) in [6.45, 7) is 3.94. The highest BCUT2D eigenvalue weighted by atomic mass is 16.5. The number of hydrogen-bond acceptors (Lipinski definition) is 3. The van der Waals surface area contributed by atoms with E-state index in [1.807, 2.05) is 31.2 Å². The first-order valence-corrected chi connectivity index (χ1v) is 4.76. The fourth-order valence-electron chi connectivity index (χ4n) is 1.08. The van der Waals surface area contributed by atoms with Gasteiger partial charge in [-0.15, -0.1) is 0 Å².